The van der Waals surface area contributed by atoms with Gasteiger partial charge in [-0.1, -0.05) is 22.0 Å². The van der Waals surface area contributed by atoms with E-state index in [9.17, 15) is 13.6 Å². The normalized spacial score (nSPS) is 11.9. The molecule has 2 N–H and O–H groups in total. The molecular weight excluding hydrogens is 396 g/mol. The third-order valence-electron chi connectivity index (χ3n) is 3.16. The van der Waals surface area contributed by atoms with E-state index in [0.29, 0.717) is 16.6 Å². The van der Waals surface area contributed by atoms with Crippen LogP contribution in [0.5, 0.6) is 0 Å². The summed E-state index contributed by atoms with van der Waals surface area (Å²) in [4.78, 5) is 20.6. The number of benzene rings is 2. The predicted molar refractivity (Wildman–Crippen MR) is 94.4 cm³/mol. The molecule has 0 fully saturated rings. The molecule has 1 amide bonds. The Labute approximate surface area is 148 Å². The molecule has 1 unspecified atom stereocenters. The second-order valence-electron chi connectivity index (χ2n) is 4.67. The number of rotatable bonds is 4. The molecular formula is C15H11BrN4O3S. The summed E-state index contributed by atoms with van der Waals surface area (Å²) < 4.78 is 23.0. The molecule has 0 saturated carbocycles. The molecule has 0 aliphatic heterocycles. The number of halogens is 1. The average Bonchev–Trinajstić information content (AvgIpc) is 2.59. The van der Waals surface area contributed by atoms with Gasteiger partial charge in [0.15, 0.2) is 0 Å². The van der Waals surface area contributed by atoms with E-state index in [2.05, 4.69) is 31.3 Å². The largest absolute Gasteiger partial charge is 0.288 e. The Hall–Kier alpha value is -2.36. The Bertz CT molecular complexity index is 915. The van der Waals surface area contributed by atoms with Gasteiger partial charge in [-0.25, -0.2) is 9.63 Å². The average molecular weight is 407 g/mol. The molecule has 1 heterocycles. The molecule has 1 atom stereocenters. The van der Waals surface area contributed by atoms with Gasteiger partial charge in [-0.2, -0.15) is 4.41 Å². The minimum absolute atomic E-state index is 0.270. The number of carbonyl (C=O) groups is 1. The van der Waals surface area contributed by atoms with E-state index in [1.165, 1.54) is 12.4 Å². The van der Waals surface area contributed by atoms with Gasteiger partial charge in [0.25, 0.3) is 17.2 Å². The van der Waals surface area contributed by atoms with Gasteiger partial charge in [-0.3, -0.25) is 19.3 Å². The smallest absolute Gasteiger partial charge is 0.281 e. The van der Waals surface area contributed by atoms with Crippen LogP contribution in [0.1, 0.15) is 10.4 Å². The fourth-order valence-corrected chi connectivity index (χ4v) is 2.82. The fourth-order valence-electron chi connectivity index (χ4n) is 2.08. The van der Waals surface area contributed by atoms with E-state index in [4.69, 9.17) is 0 Å². The van der Waals surface area contributed by atoms with Crippen molar-refractivity contribution in [2.24, 2.45) is 0 Å². The Morgan fingerprint density at radius 1 is 1.12 bits per heavy atom. The van der Waals surface area contributed by atoms with Crippen LogP contribution in [0, 0.1) is 0 Å². The number of aromatic nitrogens is 2. The van der Waals surface area contributed by atoms with Crippen LogP contribution in [-0.2, 0) is 11.3 Å². The number of nitrogens with zero attached hydrogens (tertiary/aromatic N) is 3. The van der Waals surface area contributed by atoms with E-state index in [0.717, 1.165) is 8.89 Å². The van der Waals surface area contributed by atoms with Gasteiger partial charge in [0.05, 0.1) is 5.52 Å². The molecule has 0 saturated heterocycles. The molecule has 7 nitrogen and oxygen atoms in total. The molecule has 0 bridgehead atoms. The minimum Gasteiger partial charge on any atom is -0.288 e. The number of anilines is 1. The summed E-state index contributed by atoms with van der Waals surface area (Å²) in [5.41, 5.74) is 3.99. The van der Waals surface area contributed by atoms with Crippen LogP contribution in [0.3, 0.4) is 0 Å². The maximum Gasteiger partial charge on any atom is 0.281 e. The summed E-state index contributed by atoms with van der Waals surface area (Å²) in [5, 5.41) is 0. The summed E-state index contributed by atoms with van der Waals surface area (Å²) >= 11 is 0.802. The number of amides is 1. The molecule has 0 aliphatic rings. The van der Waals surface area contributed by atoms with Crippen molar-refractivity contribution in [1.29, 1.82) is 0 Å². The molecule has 3 rings (SSSR count). The Balaban J connectivity index is 1.96. The van der Waals surface area contributed by atoms with Crippen molar-refractivity contribution in [1.82, 2.24) is 15.4 Å². The van der Waals surface area contributed by atoms with E-state index in [1.54, 1.807) is 42.5 Å². The second kappa shape index (κ2) is 7.04. The van der Waals surface area contributed by atoms with Crippen molar-refractivity contribution >= 4 is 49.8 Å². The number of carbonyl (C=O) groups excluding carboxylic acids is 1. The van der Waals surface area contributed by atoms with Crippen molar-refractivity contribution in [3.05, 3.63) is 64.9 Å². The van der Waals surface area contributed by atoms with E-state index in [1.807, 2.05) is 0 Å². The highest BCUT2D eigenvalue weighted by atomic mass is 79.9. The number of hydrazine groups is 1. The maximum atomic E-state index is 12.3. The van der Waals surface area contributed by atoms with Crippen molar-refractivity contribution in [2.45, 2.75) is 0 Å². The Kier molecular flexibility index (Phi) is 4.84. The molecule has 2 aromatic carbocycles. The first-order valence-corrected chi connectivity index (χ1v) is 8.59. The van der Waals surface area contributed by atoms with Crippen molar-refractivity contribution in [3.8, 4) is 0 Å². The molecule has 24 heavy (non-hydrogen) atoms. The first kappa shape index (κ1) is 16.5. The molecule has 0 aliphatic carbocycles. The fraction of sp³-hybridized carbons (Fsp3) is 0. The topological polar surface area (TPSA) is 95.4 Å². The second-order valence-corrected chi connectivity index (χ2v) is 6.42. The van der Waals surface area contributed by atoms with Gasteiger partial charge in [0.1, 0.15) is 11.2 Å². The number of fused-ring (bicyclic) bond motifs is 1. The number of nitrogens with one attached hydrogen (secondary N) is 1. The van der Waals surface area contributed by atoms with Crippen molar-refractivity contribution in [3.63, 3.8) is 0 Å². The van der Waals surface area contributed by atoms with Crippen LogP contribution in [0.4, 0.5) is 5.69 Å². The molecule has 9 heteroatoms. The zero-order valence-corrected chi connectivity index (χ0v) is 14.5. The van der Waals surface area contributed by atoms with Gasteiger partial charge < -0.3 is 0 Å². The van der Waals surface area contributed by atoms with Crippen LogP contribution >= 0.6 is 15.9 Å². The molecule has 3 aromatic rings. The van der Waals surface area contributed by atoms with E-state index >= 15 is 0 Å². The number of para-hydroxylation sites is 1. The van der Waals surface area contributed by atoms with Crippen molar-refractivity contribution in [2.75, 3.05) is 4.41 Å². The highest BCUT2D eigenvalue weighted by Gasteiger charge is 2.20. The van der Waals surface area contributed by atoms with E-state index < -0.39 is 17.2 Å². The lowest BCUT2D eigenvalue weighted by Crippen LogP contribution is -2.43. The summed E-state index contributed by atoms with van der Waals surface area (Å²) in [7, 11) is 0. The van der Waals surface area contributed by atoms with Gasteiger partial charge in [-0.05, 0) is 36.4 Å². The summed E-state index contributed by atoms with van der Waals surface area (Å²) in [5.74, 6) is -0.522. The number of hydrogen-bond acceptors (Lipinski definition) is 4. The van der Waals surface area contributed by atoms with Crippen LogP contribution in [0.25, 0.3) is 11.0 Å². The van der Waals surface area contributed by atoms with Gasteiger partial charge in [-0.15, -0.1) is 0 Å². The lowest BCUT2D eigenvalue weighted by atomic mass is 10.2. The van der Waals surface area contributed by atoms with Gasteiger partial charge >= 0.3 is 0 Å². The lowest BCUT2D eigenvalue weighted by molar-refractivity contribution is 0.0955. The predicted octanol–water partition coefficient (Wildman–Crippen LogP) is 2.68. The third kappa shape index (κ3) is 3.42. The van der Waals surface area contributed by atoms with Crippen molar-refractivity contribution < 1.29 is 13.6 Å². The number of hydrogen-bond donors (Lipinski definition) is 2. The van der Waals surface area contributed by atoms with Crippen LogP contribution in [-0.4, -0.2) is 24.6 Å². The Morgan fingerprint density at radius 2 is 1.83 bits per heavy atom. The molecule has 0 radical (unpaired) electrons. The first-order chi connectivity index (χ1) is 11.6. The lowest BCUT2D eigenvalue weighted by Gasteiger charge is -2.21. The summed E-state index contributed by atoms with van der Waals surface area (Å²) in [6, 6.07) is 11.6. The van der Waals surface area contributed by atoms with Gasteiger partial charge in [0.2, 0.25) is 0 Å². The van der Waals surface area contributed by atoms with Gasteiger partial charge in [0, 0.05) is 22.4 Å². The molecule has 122 valence electrons. The third-order valence-corrected chi connectivity index (χ3v) is 4.29. The van der Waals surface area contributed by atoms with Crippen LogP contribution in [0.15, 0.2) is 59.3 Å². The molecule has 1 aromatic heterocycles. The molecule has 0 spiro atoms. The first-order valence-electron chi connectivity index (χ1n) is 6.73. The SMILES string of the molecule is O=C(NN(c1cccc2nccnc12)S(=O)O)c1ccc(Br)cc1. The van der Waals surface area contributed by atoms with Crippen LogP contribution in [0.2, 0.25) is 0 Å². The zero-order chi connectivity index (χ0) is 17.1. The monoisotopic (exact) mass is 406 g/mol. The quantitative estimate of drug-likeness (QED) is 0.512. The standard InChI is InChI=1S/C15H11BrN4O3S/c16-11-6-4-10(5-7-11)15(21)19-20(24(22)23)13-3-1-2-12-14(13)18-9-8-17-12/h1-9H,(H,19,21)(H,22,23). The summed E-state index contributed by atoms with van der Waals surface area (Å²) in [6.45, 7) is 0. The zero-order valence-electron chi connectivity index (χ0n) is 12.1. The summed E-state index contributed by atoms with van der Waals surface area (Å²) in [6.07, 6.45) is 2.99. The minimum atomic E-state index is -2.48. The maximum absolute atomic E-state index is 12.3. The van der Waals surface area contributed by atoms with Crippen LogP contribution < -0.4 is 9.84 Å². The highest BCUT2D eigenvalue weighted by molar-refractivity contribution is 9.10. The Morgan fingerprint density at radius 3 is 2.54 bits per heavy atom. The highest BCUT2D eigenvalue weighted by Crippen LogP contribution is 2.23. The van der Waals surface area contributed by atoms with E-state index in [-0.39, 0.29) is 5.69 Å².